The monoisotopic (exact) mass is 526 g/mol. The van der Waals surface area contributed by atoms with Gasteiger partial charge in [-0.3, -0.25) is 14.4 Å². The summed E-state index contributed by atoms with van der Waals surface area (Å²) < 4.78 is 16.6. The molecule has 37 heavy (non-hydrogen) atoms. The Morgan fingerprint density at radius 2 is 1.38 bits per heavy atom. The molecule has 2 amide bonds. The van der Waals surface area contributed by atoms with Crippen LogP contribution in [0, 0.1) is 5.41 Å². The molecular formula is C29H54N2O6. The highest BCUT2D eigenvalue weighted by atomic mass is 16.7. The van der Waals surface area contributed by atoms with Crippen LogP contribution in [0.4, 0.5) is 0 Å². The van der Waals surface area contributed by atoms with Crippen LogP contribution in [0.15, 0.2) is 0 Å². The van der Waals surface area contributed by atoms with Gasteiger partial charge in [0.1, 0.15) is 6.10 Å². The van der Waals surface area contributed by atoms with Gasteiger partial charge in [0.25, 0.3) is 0 Å². The van der Waals surface area contributed by atoms with Crippen LogP contribution in [0.25, 0.3) is 0 Å². The van der Waals surface area contributed by atoms with Crippen molar-refractivity contribution >= 4 is 17.8 Å². The zero-order valence-electron chi connectivity index (χ0n) is 24.3. The summed E-state index contributed by atoms with van der Waals surface area (Å²) in [7, 11) is 0. The molecule has 1 rings (SSSR count). The summed E-state index contributed by atoms with van der Waals surface area (Å²) in [5.74, 6) is -1.39. The van der Waals surface area contributed by atoms with Gasteiger partial charge in [-0.15, -0.1) is 0 Å². The maximum atomic E-state index is 12.6. The van der Waals surface area contributed by atoms with Gasteiger partial charge in [-0.05, 0) is 26.7 Å². The Balaban J connectivity index is 1.97. The number of carbonyl (C=O) groups excluding carboxylic acids is 3. The van der Waals surface area contributed by atoms with Gasteiger partial charge in [0.15, 0.2) is 5.79 Å². The first-order chi connectivity index (χ1) is 17.6. The van der Waals surface area contributed by atoms with Gasteiger partial charge in [-0.25, -0.2) is 0 Å². The third-order valence-electron chi connectivity index (χ3n) is 6.68. The van der Waals surface area contributed by atoms with E-state index >= 15 is 0 Å². The minimum absolute atomic E-state index is 0.0615. The molecule has 1 unspecified atom stereocenters. The summed E-state index contributed by atoms with van der Waals surface area (Å²) in [6, 6.07) is 0. The lowest BCUT2D eigenvalue weighted by atomic mass is 9.85. The third-order valence-corrected chi connectivity index (χ3v) is 6.68. The number of hydrogen-bond acceptors (Lipinski definition) is 6. The second-order valence-corrected chi connectivity index (χ2v) is 11.4. The summed E-state index contributed by atoms with van der Waals surface area (Å²) >= 11 is 0. The van der Waals surface area contributed by atoms with Crippen molar-refractivity contribution in [1.29, 1.82) is 0 Å². The average Bonchev–Trinajstić information content (AvgIpc) is 2.84. The molecule has 1 atom stereocenters. The maximum Gasteiger partial charge on any atom is 0.307 e. The Hall–Kier alpha value is -1.67. The summed E-state index contributed by atoms with van der Waals surface area (Å²) in [4.78, 5) is 36.4. The molecule has 1 saturated heterocycles. The molecule has 0 aromatic rings. The van der Waals surface area contributed by atoms with E-state index in [0.717, 1.165) is 12.8 Å². The summed E-state index contributed by atoms with van der Waals surface area (Å²) in [5, 5.41) is 5.65. The van der Waals surface area contributed by atoms with Crippen molar-refractivity contribution in [3.8, 4) is 0 Å². The Morgan fingerprint density at radius 3 is 2.00 bits per heavy atom. The predicted octanol–water partition coefficient (Wildman–Crippen LogP) is 5.42. The SMILES string of the molecule is CCCCCCCCCCCCCC(=O)NCCCOC(=O)CCNC(=O)C1OC(C)(C)OCC1(C)C. The van der Waals surface area contributed by atoms with E-state index in [1.165, 1.54) is 57.8 Å². The molecule has 1 aliphatic rings. The number of amides is 2. The molecule has 8 nitrogen and oxygen atoms in total. The minimum atomic E-state index is -0.821. The molecule has 1 heterocycles. The van der Waals surface area contributed by atoms with Crippen LogP contribution in [0.1, 0.15) is 125 Å². The van der Waals surface area contributed by atoms with Gasteiger partial charge in [0.05, 0.1) is 19.6 Å². The van der Waals surface area contributed by atoms with Crippen LogP contribution in [-0.4, -0.2) is 56.0 Å². The van der Waals surface area contributed by atoms with Gasteiger partial charge in [0, 0.05) is 24.9 Å². The van der Waals surface area contributed by atoms with Gasteiger partial charge in [0.2, 0.25) is 11.8 Å². The molecule has 0 saturated carbocycles. The minimum Gasteiger partial charge on any atom is -0.466 e. The number of ether oxygens (including phenoxy) is 3. The van der Waals surface area contributed by atoms with Gasteiger partial charge >= 0.3 is 5.97 Å². The second-order valence-electron chi connectivity index (χ2n) is 11.4. The topological polar surface area (TPSA) is 103 Å². The van der Waals surface area contributed by atoms with Gasteiger partial charge in [-0.1, -0.05) is 85.0 Å². The van der Waals surface area contributed by atoms with Crippen molar-refractivity contribution in [1.82, 2.24) is 10.6 Å². The van der Waals surface area contributed by atoms with Crippen molar-refractivity contribution < 1.29 is 28.6 Å². The highest BCUT2D eigenvalue weighted by Gasteiger charge is 2.45. The van der Waals surface area contributed by atoms with E-state index in [0.29, 0.717) is 26.0 Å². The maximum absolute atomic E-state index is 12.6. The molecule has 0 aliphatic carbocycles. The van der Waals surface area contributed by atoms with Gasteiger partial charge in [-0.2, -0.15) is 0 Å². The normalized spacial score (nSPS) is 18.2. The first-order valence-electron chi connectivity index (χ1n) is 14.6. The summed E-state index contributed by atoms with van der Waals surface area (Å²) in [5.41, 5.74) is -0.461. The van der Waals surface area contributed by atoms with E-state index < -0.39 is 17.3 Å². The highest BCUT2D eigenvalue weighted by Crippen LogP contribution is 2.34. The van der Waals surface area contributed by atoms with Crippen molar-refractivity contribution in [2.24, 2.45) is 5.41 Å². The standard InChI is InChI=1S/C29H54N2O6/c1-6-7-8-9-10-11-12-13-14-15-16-18-24(32)30-20-17-22-35-25(33)19-21-31-27(34)26-28(2,3)23-36-29(4,5)37-26/h26H,6-23H2,1-5H3,(H,30,32)(H,31,34). The summed E-state index contributed by atoms with van der Waals surface area (Å²) in [6.07, 6.45) is 14.5. The smallest absolute Gasteiger partial charge is 0.307 e. The first kappa shape index (κ1) is 33.4. The van der Waals surface area contributed by atoms with Crippen molar-refractivity contribution in [2.45, 2.75) is 136 Å². The number of carbonyl (C=O) groups is 3. The lowest BCUT2D eigenvalue weighted by molar-refractivity contribution is -0.304. The Kier molecular flexibility index (Phi) is 16.7. The quantitative estimate of drug-likeness (QED) is 0.162. The molecule has 1 fully saturated rings. The van der Waals surface area contributed by atoms with Crippen LogP contribution in [0.5, 0.6) is 0 Å². The average molecular weight is 527 g/mol. The largest absolute Gasteiger partial charge is 0.466 e. The van der Waals surface area contributed by atoms with E-state index in [1.54, 1.807) is 13.8 Å². The number of hydrogen-bond donors (Lipinski definition) is 2. The van der Waals surface area contributed by atoms with Crippen molar-refractivity contribution in [3.63, 3.8) is 0 Å². The summed E-state index contributed by atoms with van der Waals surface area (Å²) in [6.45, 7) is 11.0. The van der Waals surface area contributed by atoms with Crippen LogP contribution in [0.2, 0.25) is 0 Å². The fourth-order valence-corrected chi connectivity index (χ4v) is 4.30. The number of rotatable bonds is 20. The number of unbranched alkanes of at least 4 members (excludes halogenated alkanes) is 10. The van der Waals surface area contributed by atoms with E-state index in [9.17, 15) is 14.4 Å². The molecule has 0 radical (unpaired) electrons. The molecule has 0 spiro atoms. The first-order valence-corrected chi connectivity index (χ1v) is 14.6. The fourth-order valence-electron chi connectivity index (χ4n) is 4.30. The van der Waals surface area contributed by atoms with Gasteiger partial charge < -0.3 is 24.8 Å². The third kappa shape index (κ3) is 16.0. The number of esters is 1. The van der Waals surface area contributed by atoms with Crippen LogP contribution in [-0.2, 0) is 28.6 Å². The lowest BCUT2D eigenvalue weighted by Gasteiger charge is -2.44. The van der Waals surface area contributed by atoms with Crippen LogP contribution in [0.3, 0.4) is 0 Å². The van der Waals surface area contributed by atoms with Crippen LogP contribution >= 0.6 is 0 Å². The zero-order valence-corrected chi connectivity index (χ0v) is 24.3. The van der Waals surface area contributed by atoms with E-state index in [4.69, 9.17) is 14.2 Å². The molecule has 1 aliphatic heterocycles. The Labute approximate surface area is 225 Å². The Morgan fingerprint density at radius 1 is 0.784 bits per heavy atom. The highest BCUT2D eigenvalue weighted by molar-refractivity contribution is 5.82. The molecule has 0 aromatic carbocycles. The zero-order chi connectivity index (χ0) is 27.6. The molecule has 0 bridgehead atoms. The predicted molar refractivity (Wildman–Crippen MR) is 146 cm³/mol. The number of nitrogens with one attached hydrogen (secondary N) is 2. The second kappa shape index (κ2) is 18.6. The van der Waals surface area contributed by atoms with E-state index in [-0.39, 0.29) is 37.4 Å². The van der Waals surface area contributed by atoms with Crippen molar-refractivity contribution in [3.05, 3.63) is 0 Å². The molecule has 216 valence electrons. The van der Waals surface area contributed by atoms with E-state index in [2.05, 4.69) is 17.6 Å². The van der Waals surface area contributed by atoms with Crippen LogP contribution < -0.4 is 10.6 Å². The van der Waals surface area contributed by atoms with Crippen molar-refractivity contribution in [2.75, 3.05) is 26.3 Å². The molecule has 2 N–H and O–H groups in total. The van der Waals surface area contributed by atoms with E-state index in [1.807, 2.05) is 13.8 Å². The molecular weight excluding hydrogens is 472 g/mol. The molecule has 8 heteroatoms. The molecule has 0 aromatic heterocycles. The lowest BCUT2D eigenvalue weighted by Crippen LogP contribution is -2.56. The fraction of sp³-hybridized carbons (Fsp3) is 0.897. The Bertz CT molecular complexity index is 665.